The number of nitrogens with one attached hydrogen (secondary N) is 2. The number of hydrogen-bond donors (Lipinski definition) is 3. The zero-order valence-electron chi connectivity index (χ0n) is 11.6. The van der Waals surface area contributed by atoms with Crippen LogP contribution in [0.3, 0.4) is 0 Å². The van der Waals surface area contributed by atoms with Crippen LogP contribution in [0.1, 0.15) is 30.5 Å². The molecule has 0 aromatic carbocycles. The summed E-state index contributed by atoms with van der Waals surface area (Å²) < 4.78 is 0. The fourth-order valence-electron chi connectivity index (χ4n) is 2.07. The van der Waals surface area contributed by atoms with Crippen molar-refractivity contribution in [3.63, 3.8) is 0 Å². The van der Waals surface area contributed by atoms with Crippen molar-refractivity contribution >= 4 is 23.3 Å². The number of urea groups is 1. The van der Waals surface area contributed by atoms with Crippen LogP contribution in [-0.4, -0.2) is 34.2 Å². The monoisotopic (exact) mass is 297 g/mol. The lowest BCUT2D eigenvalue weighted by molar-refractivity contribution is -0.144. The van der Waals surface area contributed by atoms with Crippen LogP contribution in [0.15, 0.2) is 5.38 Å². The smallest absolute Gasteiger partial charge is 0.329 e. The molecule has 3 N–H and O–H groups in total. The summed E-state index contributed by atoms with van der Waals surface area (Å²) in [5.41, 5.74) is -0.191. The van der Waals surface area contributed by atoms with Crippen LogP contribution in [0.25, 0.3) is 0 Å². The maximum atomic E-state index is 11.8. The van der Waals surface area contributed by atoms with Gasteiger partial charge in [-0.3, -0.25) is 0 Å². The van der Waals surface area contributed by atoms with Crippen molar-refractivity contribution in [1.29, 1.82) is 0 Å². The molecular weight excluding hydrogens is 278 g/mol. The van der Waals surface area contributed by atoms with Gasteiger partial charge in [-0.15, -0.1) is 11.3 Å². The molecule has 2 rings (SSSR count). The molecule has 1 aromatic heterocycles. The van der Waals surface area contributed by atoms with Gasteiger partial charge in [0.15, 0.2) is 0 Å². The third-order valence-corrected chi connectivity index (χ3v) is 4.53. The van der Waals surface area contributed by atoms with E-state index < -0.39 is 17.5 Å². The highest BCUT2D eigenvalue weighted by atomic mass is 32.1. The summed E-state index contributed by atoms with van der Waals surface area (Å²) in [5.74, 6) is -0.946. The van der Waals surface area contributed by atoms with Gasteiger partial charge < -0.3 is 15.7 Å². The minimum Gasteiger partial charge on any atom is -0.480 e. The van der Waals surface area contributed by atoms with Gasteiger partial charge >= 0.3 is 12.0 Å². The Hall–Kier alpha value is -1.63. The molecule has 1 aliphatic rings. The predicted molar refractivity (Wildman–Crippen MR) is 75.9 cm³/mol. The number of carboxylic acid groups (broad SMARTS) is 1. The molecular formula is C13H19N3O3S. The molecule has 0 saturated heterocycles. The van der Waals surface area contributed by atoms with Crippen molar-refractivity contribution in [2.45, 2.75) is 38.6 Å². The summed E-state index contributed by atoms with van der Waals surface area (Å²) in [7, 11) is 0. The molecule has 1 heterocycles. The van der Waals surface area contributed by atoms with Gasteiger partial charge in [0.05, 0.1) is 5.01 Å². The number of carboxylic acids is 1. The van der Waals surface area contributed by atoms with Crippen molar-refractivity contribution in [2.75, 3.05) is 6.54 Å². The standard InChI is InChI=1S/C13H19N3O3S/c1-8-7-20-10(15-8)5-6-14-12(19)16-13(2,11(17)18)9-3-4-9/h7,9H,3-6H2,1-2H3,(H,17,18)(H2,14,16,19). The number of aromatic nitrogens is 1. The van der Waals surface area contributed by atoms with Gasteiger partial charge in [-0.2, -0.15) is 0 Å². The van der Waals surface area contributed by atoms with Gasteiger partial charge in [-0.25, -0.2) is 14.6 Å². The molecule has 0 radical (unpaired) electrons. The van der Waals surface area contributed by atoms with Crippen LogP contribution in [0.5, 0.6) is 0 Å². The molecule has 1 aliphatic carbocycles. The van der Waals surface area contributed by atoms with Gasteiger partial charge in [0.2, 0.25) is 0 Å². The molecule has 0 spiro atoms. The van der Waals surface area contributed by atoms with E-state index in [2.05, 4.69) is 15.6 Å². The number of carbonyl (C=O) groups is 2. The average Bonchev–Trinajstić information content (AvgIpc) is 3.14. The molecule has 2 amide bonds. The zero-order chi connectivity index (χ0) is 14.8. The van der Waals surface area contributed by atoms with E-state index in [1.165, 1.54) is 0 Å². The van der Waals surface area contributed by atoms with Crippen molar-refractivity contribution in [1.82, 2.24) is 15.6 Å². The molecule has 1 saturated carbocycles. The molecule has 20 heavy (non-hydrogen) atoms. The largest absolute Gasteiger partial charge is 0.480 e. The number of nitrogens with zero attached hydrogens (tertiary/aromatic N) is 1. The number of carbonyl (C=O) groups excluding carboxylic acids is 1. The third-order valence-electron chi connectivity index (χ3n) is 3.50. The Balaban J connectivity index is 1.78. The second-order valence-electron chi connectivity index (χ2n) is 5.30. The van der Waals surface area contributed by atoms with Crippen LogP contribution in [0.2, 0.25) is 0 Å². The fraction of sp³-hybridized carbons (Fsp3) is 0.615. The Morgan fingerprint density at radius 2 is 2.25 bits per heavy atom. The Bertz CT molecular complexity index is 513. The molecule has 110 valence electrons. The molecule has 1 atom stereocenters. The van der Waals surface area contributed by atoms with Crippen molar-refractivity contribution < 1.29 is 14.7 Å². The fourth-order valence-corrected chi connectivity index (χ4v) is 2.85. The third kappa shape index (κ3) is 3.47. The van der Waals surface area contributed by atoms with Crippen molar-refractivity contribution in [3.05, 3.63) is 16.1 Å². The van der Waals surface area contributed by atoms with Crippen LogP contribution in [-0.2, 0) is 11.2 Å². The first-order valence-corrected chi connectivity index (χ1v) is 7.50. The predicted octanol–water partition coefficient (Wildman–Crippen LogP) is 1.55. The first-order chi connectivity index (χ1) is 9.41. The Morgan fingerprint density at radius 3 is 2.75 bits per heavy atom. The summed E-state index contributed by atoms with van der Waals surface area (Å²) in [4.78, 5) is 27.4. The lowest BCUT2D eigenvalue weighted by Crippen LogP contribution is -2.56. The van der Waals surface area contributed by atoms with Crippen molar-refractivity contribution in [2.24, 2.45) is 5.92 Å². The minimum atomic E-state index is -1.16. The topological polar surface area (TPSA) is 91.3 Å². The number of aryl methyl sites for hydroxylation is 1. The summed E-state index contributed by atoms with van der Waals surface area (Å²) in [6, 6.07) is -0.435. The van der Waals surface area contributed by atoms with E-state index in [0.717, 1.165) is 23.5 Å². The van der Waals surface area contributed by atoms with Gasteiger partial charge in [0.25, 0.3) is 0 Å². The summed E-state index contributed by atoms with van der Waals surface area (Å²) in [6.07, 6.45) is 2.35. The maximum Gasteiger partial charge on any atom is 0.329 e. The van der Waals surface area contributed by atoms with E-state index in [4.69, 9.17) is 0 Å². The van der Waals surface area contributed by atoms with Gasteiger partial charge in [-0.05, 0) is 32.6 Å². The van der Waals surface area contributed by atoms with Crippen LogP contribution >= 0.6 is 11.3 Å². The highest BCUT2D eigenvalue weighted by Gasteiger charge is 2.48. The van der Waals surface area contributed by atoms with Crippen LogP contribution in [0, 0.1) is 12.8 Å². The Labute approximate surface area is 121 Å². The molecule has 6 nitrogen and oxygen atoms in total. The van der Waals surface area contributed by atoms with Gasteiger partial charge in [0, 0.05) is 24.0 Å². The minimum absolute atomic E-state index is 0.0346. The van der Waals surface area contributed by atoms with Crippen LogP contribution in [0.4, 0.5) is 4.79 Å². The van der Waals surface area contributed by atoms with E-state index in [-0.39, 0.29) is 5.92 Å². The number of amides is 2. The van der Waals surface area contributed by atoms with Gasteiger partial charge in [0.1, 0.15) is 5.54 Å². The second-order valence-corrected chi connectivity index (χ2v) is 6.24. The summed E-state index contributed by atoms with van der Waals surface area (Å²) in [5, 5.41) is 17.4. The molecule has 0 bridgehead atoms. The molecule has 1 fully saturated rings. The van der Waals surface area contributed by atoms with Crippen molar-refractivity contribution in [3.8, 4) is 0 Å². The highest BCUT2D eigenvalue weighted by molar-refractivity contribution is 7.09. The van der Waals surface area contributed by atoms with E-state index in [9.17, 15) is 14.7 Å². The Morgan fingerprint density at radius 1 is 1.55 bits per heavy atom. The quantitative estimate of drug-likeness (QED) is 0.743. The van der Waals surface area contributed by atoms with E-state index >= 15 is 0 Å². The maximum absolute atomic E-state index is 11.8. The lowest BCUT2D eigenvalue weighted by Gasteiger charge is -2.26. The highest BCUT2D eigenvalue weighted by Crippen LogP contribution is 2.39. The second kappa shape index (κ2) is 5.78. The molecule has 7 heteroatoms. The first kappa shape index (κ1) is 14.8. The van der Waals surface area contributed by atoms with Crippen LogP contribution < -0.4 is 10.6 Å². The number of hydrogen-bond acceptors (Lipinski definition) is 4. The van der Waals surface area contributed by atoms with Gasteiger partial charge in [-0.1, -0.05) is 0 Å². The SMILES string of the molecule is Cc1csc(CCNC(=O)NC(C)(C(=O)O)C2CC2)n1. The summed E-state index contributed by atoms with van der Waals surface area (Å²) in [6.45, 7) is 3.93. The average molecular weight is 297 g/mol. The van der Waals surface area contributed by atoms with E-state index in [0.29, 0.717) is 13.0 Å². The Kier molecular flexibility index (Phi) is 4.27. The summed E-state index contributed by atoms with van der Waals surface area (Å²) >= 11 is 1.56. The number of thiazole rings is 1. The number of aliphatic carboxylic acids is 1. The van der Waals surface area contributed by atoms with E-state index in [1.807, 2.05) is 12.3 Å². The molecule has 1 unspecified atom stereocenters. The number of rotatable bonds is 6. The lowest BCUT2D eigenvalue weighted by atomic mass is 9.96. The molecule has 0 aliphatic heterocycles. The van der Waals surface area contributed by atoms with E-state index in [1.54, 1.807) is 18.3 Å². The zero-order valence-corrected chi connectivity index (χ0v) is 12.4. The first-order valence-electron chi connectivity index (χ1n) is 6.62. The molecule has 1 aromatic rings. The normalized spacial score (nSPS) is 17.3.